The fourth-order valence-corrected chi connectivity index (χ4v) is 1.65. The maximum absolute atomic E-state index is 10.4. The van der Waals surface area contributed by atoms with E-state index in [9.17, 15) is 4.79 Å². The zero-order valence-corrected chi connectivity index (χ0v) is 9.19. The molecular weight excluding hydrogens is 206 g/mol. The molecule has 0 unspecified atom stereocenters. The van der Waals surface area contributed by atoms with Crippen LogP contribution in [0.3, 0.4) is 0 Å². The molecule has 1 aromatic heterocycles. The number of aromatic nitrogens is 2. The van der Waals surface area contributed by atoms with Crippen LogP contribution in [0.2, 0.25) is 0 Å². The number of carbonyl (C=O) groups is 1. The van der Waals surface area contributed by atoms with Gasteiger partial charge in [-0.3, -0.25) is 0 Å². The van der Waals surface area contributed by atoms with Crippen molar-refractivity contribution < 1.29 is 9.90 Å². The summed E-state index contributed by atoms with van der Waals surface area (Å²) in [5.41, 5.74) is 2.86. The molecule has 2 rings (SSSR count). The summed E-state index contributed by atoms with van der Waals surface area (Å²) in [6, 6.07) is 5.76. The van der Waals surface area contributed by atoms with E-state index >= 15 is 0 Å². The molecule has 84 valence electrons. The van der Waals surface area contributed by atoms with Crippen LogP contribution in [0.4, 0.5) is 4.79 Å². The van der Waals surface area contributed by atoms with E-state index in [2.05, 4.69) is 10.3 Å². The quantitative estimate of drug-likeness (QED) is 0.807. The van der Waals surface area contributed by atoms with E-state index in [1.165, 1.54) is 0 Å². The number of hydrogen-bond donors (Lipinski definition) is 2. The first-order valence-corrected chi connectivity index (χ1v) is 4.96. The van der Waals surface area contributed by atoms with Gasteiger partial charge in [-0.2, -0.15) is 0 Å². The van der Waals surface area contributed by atoms with E-state index in [-0.39, 0.29) is 0 Å². The molecule has 2 N–H and O–H groups in total. The minimum Gasteiger partial charge on any atom is -0.465 e. The van der Waals surface area contributed by atoms with Crippen LogP contribution < -0.4 is 5.32 Å². The molecule has 5 heteroatoms. The maximum Gasteiger partial charge on any atom is 0.404 e. The lowest BCUT2D eigenvalue weighted by atomic mass is 10.2. The van der Waals surface area contributed by atoms with E-state index in [0.717, 1.165) is 22.4 Å². The van der Waals surface area contributed by atoms with Crippen LogP contribution in [0, 0.1) is 6.92 Å². The van der Waals surface area contributed by atoms with Crippen LogP contribution >= 0.6 is 0 Å². The maximum atomic E-state index is 10.4. The van der Waals surface area contributed by atoms with Gasteiger partial charge in [-0.1, -0.05) is 6.07 Å². The van der Waals surface area contributed by atoms with Gasteiger partial charge in [0.05, 0.1) is 11.0 Å². The molecule has 0 spiro atoms. The summed E-state index contributed by atoms with van der Waals surface area (Å²) >= 11 is 0. The van der Waals surface area contributed by atoms with E-state index in [1.54, 1.807) is 0 Å². The van der Waals surface area contributed by atoms with Crippen molar-refractivity contribution in [2.24, 2.45) is 7.05 Å². The lowest BCUT2D eigenvalue weighted by molar-refractivity contribution is 0.194. The van der Waals surface area contributed by atoms with Gasteiger partial charge in [-0.15, -0.1) is 0 Å². The van der Waals surface area contributed by atoms with Crippen molar-refractivity contribution in [3.05, 3.63) is 29.6 Å². The number of carboxylic acid groups (broad SMARTS) is 1. The van der Waals surface area contributed by atoms with Gasteiger partial charge in [0.25, 0.3) is 0 Å². The highest BCUT2D eigenvalue weighted by Gasteiger charge is 2.05. The first-order valence-electron chi connectivity index (χ1n) is 4.96. The smallest absolute Gasteiger partial charge is 0.404 e. The van der Waals surface area contributed by atoms with Crippen LogP contribution in [-0.4, -0.2) is 20.8 Å². The molecule has 0 aliphatic heterocycles. The van der Waals surface area contributed by atoms with Crippen LogP contribution in [0.25, 0.3) is 11.0 Å². The van der Waals surface area contributed by atoms with Gasteiger partial charge in [-0.25, -0.2) is 9.78 Å². The Kier molecular flexibility index (Phi) is 2.52. The fourth-order valence-electron chi connectivity index (χ4n) is 1.65. The first-order chi connectivity index (χ1) is 7.58. The van der Waals surface area contributed by atoms with Crippen molar-refractivity contribution in [2.45, 2.75) is 13.5 Å². The molecule has 0 atom stereocenters. The minimum atomic E-state index is -1.02. The summed E-state index contributed by atoms with van der Waals surface area (Å²) in [6.45, 7) is 2.25. The minimum absolute atomic E-state index is 0.306. The van der Waals surface area contributed by atoms with Crippen molar-refractivity contribution in [1.82, 2.24) is 14.9 Å². The fraction of sp³-hybridized carbons (Fsp3) is 0.273. The SMILES string of the molecule is Cc1nc2cc(CNC(=O)O)ccc2n1C. The molecule has 1 amide bonds. The van der Waals surface area contributed by atoms with E-state index in [4.69, 9.17) is 5.11 Å². The molecule has 0 saturated carbocycles. The summed E-state index contributed by atoms with van der Waals surface area (Å²) in [4.78, 5) is 14.8. The zero-order valence-electron chi connectivity index (χ0n) is 9.19. The first kappa shape index (κ1) is 10.5. The Morgan fingerprint density at radius 2 is 2.31 bits per heavy atom. The Bertz CT molecular complexity index is 545. The Morgan fingerprint density at radius 3 is 3.00 bits per heavy atom. The van der Waals surface area contributed by atoms with Gasteiger partial charge >= 0.3 is 6.09 Å². The van der Waals surface area contributed by atoms with Crippen molar-refractivity contribution >= 4 is 17.1 Å². The number of hydrogen-bond acceptors (Lipinski definition) is 2. The third-order valence-electron chi connectivity index (χ3n) is 2.61. The zero-order chi connectivity index (χ0) is 11.7. The topological polar surface area (TPSA) is 67.2 Å². The van der Waals surface area contributed by atoms with Crippen molar-refractivity contribution in [3.8, 4) is 0 Å². The van der Waals surface area contributed by atoms with Crippen molar-refractivity contribution in [2.75, 3.05) is 0 Å². The molecule has 0 bridgehead atoms. The lowest BCUT2D eigenvalue weighted by Gasteiger charge is -2.01. The Balaban J connectivity index is 2.33. The predicted molar refractivity (Wildman–Crippen MR) is 60.3 cm³/mol. The van der Waals surface area contributed by atoms with Gasteiger partial charge in [0.2, 0.25) is 0 Å². The van der Waals surface area contributed by atoms with Gasteiger partial charge < -0.3 is 15.0 Å². The summed E-state index contributed by atoms with van der Waals surface area (Å²) in [6.07, 6.45) is -1.02. The highest BCUT2D eigenvalue weighted by molar-refractivity contribution is 5.77. The second-order valence-electron chi connectivity index (χ2n) is 3.70. The van der Waals surface area contributed by atoms with Crippen LogP contribution in [0.15, 0.2) is 18.2 Å². The van der Waals surface area contributed by atoms with E-state index in [0.29, 0.717) is 6.54 Å². The number of amides is 1. The molecule has 1 heterocycles. The number of rotatable bonds is 2. The van der Waals surface area contributed by atoms with Crippen molar-refractivity contribution in [1.29, 1.82) is 0 Å². The lowest BCUT2D eigenvalue weighted by Crippen LogP contribution is -2.19. The highest BCUT2D eigenvalue weighted by atomic mass is 16.4. The van der Waals surface area contributed by atoms with Gasteiger partial charge in [0, 0.05) is 13.6 Å². The Hall–Kier alpha value is -2.04. The number of imidazole rings is 1. The van der Waals surface area contributed by atoms with E-state index in [1.807, 2.05) is 36.7 Å². The number of fused-ring (bicyclic) bond motifs is 1. The molecule has 0 fully saturated rings. The largest absolute Gasteiger partial charge is 0.465 e. The Morgan fingerprint density at radius 1 is 1.56 bits per heavy atom. The van der Waals surface area contributed by atoms with Gasteiger partial charge in [0.1, 0.15) is 5.82 Å². The Labute approximate surface area is 92.7 Å². The molecule has 0 aliphatic rings. The van der Waals surface area contributed by atoms with Crippen LogP contribution in [0.1, 0.15) is 11.4 Å². The third kappa shape index (κ3) is 1.84. The van der Waals surface area contributed by atoms with Crippen molar-refractivity contribution in [3.63, 3.8) is 0 Å². The van der Waals surface area contributed by atoms with Crippen LogP contribution in [0.5, 0.6) is 0 Å². The number of aryl methyl sites for hydroxylation is 2. The van der Waals surface area contributed by atoms with Gasteiger partial charge in [-0.05, 0) is 24.6 Å². The number of nitrogens with one attached hydrogen (secondary N) is 1. The second-order valence-corrected chi connectivity index (χ2v) is 3.70. The normalized spacial score (nSPS) is 10.6. The molecular formula is C11H13N3O2. The third-order valence-corrected chi connectivity index (χ3v) is 2.61. The summed E-state index contributed by atoms with van der Waals surface area (Å²) in [5, 5.41) is 10.8. The van der Waals surface area contributed by atoms with E-state index < -0.39 is 6.09 Å². The standard InChI is InChI=1S/C11H13N3O2/c1-7-13-9-5-8(6-12-11(15)16)3-4-10(9)14(7)2/h3-5,12H,6H2,1-2H3,(H,15,16). The molecule has 2 aromatic rings. The molecule has 0 radical (unpaired) electrons. The molecule has 0 saturated heterocycles. The average molecular weight is 219 g/mol. The highest BCUT2D eigenvalue weighted by Crippen LogP contribution is 2.16. The molecule has 16 heavy (non-hydrogen) atoms. The van der Waals surface area contributed by atoms with Gasteiger partial charge in [0.15, 0.2) is 0 Å². The molecule has 0 aliphatic carbocycles. The van der Waals surface area contributed by atoms with Crippen LogP contribution in [-0.2, 0) is 13.6 Å². The molecule has 1 aromatic carbocycles. The summed E-state index contributed by atoms with van der Waals surface area (Å²) < 4.78 is 2.00. The second kappa shape index (κ2) is 3.84. The summed E-state index contributed by atoms with van der Waals surface area (Å²) in [5.74, 6) is 0.943. The number of nitrogens with zero attached hydrogens (tertiary/aromatic N) is 2. The summed E-state index contributed by atoms with van der Waals surface area (Å²) in [7, 11) is 1.96. The predicted octanol–water partition coefficient (Wildman–Crippen LogP) is 1.65. The average Bonchev–Trinajstić information content (AvgIpc) is 2.52. The monoisotopic (exact) mass is 219 g/mol. The molecule has 5 nitrogen and oxygen atoms in total. The number of benzene rings is 1.